The lowest BCUT2D eigenvalue weighted by Crippen LogP contribution is -2.34. The molecular weight excluding hydrogens is 400 g/mol. The Bertz CT molecular complexity index is 1030. The average molecular weight is 433 g/mol. The maximum Gasteiger partial charge on any atom is 0.161 e. The van der Waals surface area contributed by atoms with Crippen LogP contribution in [0.25, 0.3) is 11.1 Å². The molecule has 1 atom stereocenters. The summed E-state index contributed by atoms with van der Waals surface area (Å²) >= 11 is 0. The SMILES string of the molecule is CCCc1ncc(-c2ccncc2)c([C@@H]2CCCCN2Cc2ccc(OC)c(OC)c2)n1. The van der Waals surface area contributed by atoms with Crippen molar-refractivity contribution in [2.24, 2.45) is 0 Å². The van der Waals surface area contributed by atoms with E-state index in [0.717, 1.165) is 66.5 Å². The molecular formula is C26H32N4O2. The maximum atomic E-state index is 5.53. The summed E-state index contributed by atoms with van der Waals surface area (Å²) in [4.78, 5) is 16.5. The molecule has 4 rings (SSSR count). The van der Waals surface area contributed by atoms with Gasteiger partial charge in [0.05, 0.1) is 26.0 Å². The van der Waals surface area contributed by atoms with Crippen LogP contribution in [0.4, 0.5) is 0 Å². The minimum absolute atomic E-state index is 0.249. The van der Waals surface area contributed by atoms with E-state index in [4.69, 9.17) is 14.5 Å². The van der Waals surface area contributed by atoms with Crippen LogP contribution in [-0.2, 0) is 13.0 Å². The zero-order valence-electron chi connectivity index (χ0n) is 19.3. The predicted octanol–water partition coefficient (Wildman–Crippen LogP) is 5.24. The summed E-state index contributed by atoms with van der Waals surface area (Å²) in [5.74, 6) is 2.45. The number of nitrogens with zero attached hydrogens (tertiary/aromatic N) is 4. The quantitative estimate of drug-likeness (QED) is 0.485. The molecule has 0 saturated carbocycles. The molecule has 0 aliphatic carbocycles. The highest BCUT2D eigenvalue weighted by molar-refractivity contribution is 5.65. The van der Waals surface area contributed by atoms with E-state index in [1.54, 1.807) is 14.2 Å². The van der Waals surface area contributed by atoms with Gasteiger partial charge in [0.25, 0.3) is 0 Å². The molecule has 0 N–H and O–H groups in total. The predicted molar refractivity (Wildman–Crippen MR) is 126 cm³/mol. The van der Waals surface area contributed by atoms with Crippen molar-refractivity contribution < 1.29 is 9.47 Å². The molecule has 0 radical (unpaired) electrons. The van der Waals surface area contributed by atoms with Crippen molar-refractivity contribution in [2.45, 2.75) is 51.6 Å². The van der Waals surface area contributed by atoms with Gasteiger partial charge in [-0.25, -0.2) is 9.97 Å². The van der Waals surface area contributed by atoms with E-state index in [1.807, 2.05) is 36.8 Å². The molecule has 3 heterocycles. The maximum absolute atomic E-state index is 5.53. The first-order chi connectivity index (χ1) is 15.7. The van der Waals surface area contributed by atoms with E-state index in [0.29, 0.717) is 0 Å². The Labute approximate surface area is 190 Å². The topological polar surface area (TPSA) is 60.4 Å². The number of likely N-dealkylation sites (tertiary alicyclic amines) is 1. The number of hydrogen-bond acceptors (Lipinski definition) is 6. The second kappa shape index (κ2) is 10.6. The number of benzene rings is 1. The van der Waals surface area contributed by atoms with Gasteiger partial charge in [0, 0.05) is 37.1 Å². The number of rotatable bonds is 8. The Morgan fingerprint density at radius 3 is 2.59 bits per heavy atom. The highest BCUT2D eigenvalue weighted by Gasteiger charge is 2.28. The van der Waals surface area contributed by atoms with E-state index in [-0.39, 0.29) is 6.04 Å². The van der Waals surface area contributed by atoms with E-state index in [2.05, 4.69) is 33.9 Å². The number of methoxy groups -OCH3 is 2. The molecule has 0 unspecified atom stereocenters. The number of aryl methyl sites for hydroxylation is 1. The van der Waals surface area contributed by atoms with Gasteiger partial charge in [0.1, 0.15) is 5.82 Å². The molecule has 1 aromatic carbocycles. The number of hydrogen-bond donors (Lipinski definition) is 0. The fourth-order valence-corrected chi connectivity index (χ4v) is 4.49. The van der Waals surface area contributed by atoms with Crippen LogP contribution in [0.3, 0.4) is 0 Å². The van der Waals surface area contributed by atoms with Gasteiger partial charge in [-0.1, -0.05) is 19.4 Å². The molecule has 1 aliphatic heterocycles. The summed E-state index contributed by atoms with van der Waals surface area (Å²) in [6.07, 6.45) is 11.1. The molecule has 1 fully saturated rings. The lowest BCUT2D eigenvalue weighted by molar-refractivity contribution is 0.137. The van der Waals surface area contributed by atoms with Gasteiger partial charge in [-0.3, -0.25) is 9.88 Å². The zero-order valence-corrected chi connectivity index (χ0v) is 19.3. The monoisotopic (exact) mass is 432 g/mol. The number of piperidine rings is 1. The second-order valence-corrected chi connectivity index (χ2v) is 8.24. The van der Waals surface area contributed by atoms with Gasteiger partial charge in [0.2, 0.25) is 0 Å². The van der Waals surface area contributed by atoms with E-state index < -0.39 is 0 Å². The van der Waals surface area contributed by atoms with Crippen molar-refractivity contribution in [3.05, 3.63) is 66.0 Å². The zero-order chi connectivity index (χ0) is 22.3. The highest BCUT2D eigenvalue weighted by atomic mass is 16.5. The number of pyridine rings is 1. The first-order valence-corrected chi connectivity index (χ1v) is 11.4. The van der Waals surface area contributed by atoms with E-state index >= 15 is 0 Å². The van der Waals surface area contributed by atoms with Crippen LogP contribution in [0.5, 0.6) is 11.5 Å². The molecule has 1 saturated heterocycles. The van der Waals surface area contributed by atoms with Crippen LogP contribution in [0, 0.1) is 0 Å². The van der Waals surface area contributed by atoms with E-state index in [1.165, 1.54) is 18.4 Å². The summed E-state index contributed by atoms with van der Waals surface area (Å²) in [5, 5.41) is 0. The van der Waals surface area contributed by atoms with Crippen molar-refractivity contribution in [1.82, 2.24) is 19.9 Å². The first kappa shape index (κ1) is 22.2. The molecule has 2 aromatic heterocycles. The average Bonchev–Trinajstić information content (AvgIpc) is 2.85. The lowest BCUT2D eigenvalue weighted by atomic mass is 9.93. The molecule has 6 nitrogen and oxygen atoms in total. The summed E-state index contributed by atoms with van der Waals surface area (Å²) in [6, 6.07) is 10.5. The Kier molecular flexibility index (Phi) is 7.32. The number of aromatic nitrogens is 3. The fourth-order valence-electron chi connectivity index (χ4n) is 4.49. The normalized spacial score (nSPS) is 16.7. The van der Waals surface area contributed by atoms with Crippen molar-refractivity contribution in [2.75, 3.05) is 20.8 Å². The van der Waals surface area contributed by atoms with Gasteiger partial charge in [-0.15, -0.1) is 0 Å². The van der Waals surface area contributed by atoms with Gasteiger partial charge in [-0.2, -0.15) is 0 Å². The van der Waals surface area contributed by atoms with Crippen molar-refractivity contribution in [1.29, 1.82) is 0 Å². The molecule has 3 aromatic rings. The minimum Gasteiger partial charge on any atom is -0.493 e. The third kappa shape index (κ3) is 4.91. The van der Waals surface area contributed by atoms with Crippen LogP contribution in [-0.4, -0.2) is 40.6 Å². The summed E-state index contributed by atoms with van der Waals surface area (Å²) in [6.45, 7) is 4.06. The third-order valence-corrected chi connectivity index (χ3v) is 6.10. The smallest absolute Gasteiger partial charge is 0.161 e. The van der Waals surface area contributed by atoms with Crippen LogP contribution in [0.1, 0.15) is 55.7 Å². The minimum atomic E-state index is 0.249. The Balaban J connectivity index is 1.69. The molecule has 0 spiro atoms. The Hall–Kier alpha value is -2.99. The van der Waals surface area contributed by atoms with Gasteiger partial charge in [-0.05, 0) is 61.2 Å². The van der Waals surface area contributed by atoms with Crippen LogP contribution in [0.2, 0.25) is 0 Å². The number of ether oxygens (including phenoxy) is 2. The van der Waals surface area contributed by atoms with E-state index in [9.17, 15) is 0 Å². The van der Waals surface area contributed by atoms with Crippen molar-refractivity contribution >= 4 is 0 Å². The Morgan fingerprint density at radius 2 is 1.84 bits per heavy atom. The second-order valence-electron chi connectivity index (χ2n) is 8.24. The van der Waals surface area contributed by atoms with Crippen LogP contribution in [0.15, 0.2) is 48.9 Å². The van der Waals surface area contributed by atoms with Crippen LogP contribution < -0.4 is 9.47 Å². The fraction of sp³-hybridized carbons (Fsp3) is 0.423. The molecule has 32 heavy (non-hydrogen) atoms. The highest BCUT2D eigenvalue weighted by Crippen LogP contribution is 2.37. The molecule has 6 heteroatoms. The van der Waals surface area contributed by atoms with Crippen molar-refractivity contribution in [3.63, 3.8) is 0 Å². The van der Waals surface area contributed by atoms with Crippen LogP contribution >= 0.6 is 0 Å². The van der Waals surface area contributed by atoms with Gasteiger partial charge >= 0.3 is 0 Å². The third-order valence-electron chi connectivity index (χ3n) is 6.10. The summed E-state index contributed by atoms with van der Waals surface area (Å²) < 4.78 is 10.9. The Morgan fingerprint density at radius 1 is 1.03 bits per heavy atom. The molecule has 0 amide bonds. The molecule has 1 aliphatic rings. The first-order valence-electron chi connectivity index (χ1n) is 11.4. The molecule has 0 bridgehead atoms. The summed E-state index contributed by atoms with van der Waals surface area (Å²) in [5.41, 5.74) is 4.57. The lowest BCUT2D eigenvalue weighted by Gasteiger charge is -2.36. The molecule has 168 valence electrons. The summed E-state index contributed by atoms with van der Waals surface area (Å²) in [7, 11) is 3.35. The van der Waals surface area contributed by atoms with Gasteiger partial charge < -0.3 is 9.47 Å². The largest absolute Gasteiger partial charge is 0.493 e. The standard InChI is InChI=1S/C26H32N4O2/c1-4-7-25-28-17-21(20-11-13-27-14-12-20)26(29-25)22-8-5-6-15-30(22)18-19-9-10-23(31-2)24(16-19)32-3/h9-14,16-17,22H,4-8,15,18H2,1-3H3/t22-/m0/s1. The van der Waals surface area contributed by atoms with Crippen molar-refractivity contribution in [3.8, 4) is 22.6 Å². The van der Waals surface area contributed by atoms with Gasteiger partial charge in [0.15, 0.2) is 11.5 Å².